The Labute approximate surface area is 109 Å². The first kappa shape index (κ1) is 12.8. The summed E-state index contributed by atoms with van der Waals surface area (Å²) in [5.41, 5.74) is 1.08. The maximum absolute atomic E-state index is 8.77. The van der Waals surface area contributed by atoms with Crippen LogP contribution in [0.3, 0.4) is 0 Å². The lowest BCUT2D eigenvalue weighted by atomic mass is 10.0. The normalized spacial score (nSPS) is 18.8. The Morgan fingerprint density at radius 2 is 2.39 bits per heavy atom. The summed E-state index contributed by atoms with van der Waals surface area (Å²) in [6.07, 6.45) is 10.6. The number of allylic oxidation sites excluding steroid dienone is 1. The molecule has 0 fully saturated rings. The maximum Gasteiger partial charge on any atom is 0.0635 e. The van der Waals surface area contributed by atoms with Crippen molar-refractivity contribution in [2.45, 2.75) is 38.3 Å². The van der Waals surface area contributed by atoms with Gasteiger partial charge in [-0.2, -0.15) is 5.26 Å². The number of rotatable bonds is 5. The Hall–Kier alpha value is -1.66. The number of hydrogen-bond donors (Lipinski definition) is 0. The summed E-state index contributed by atoms with van der Waals surface area (Å²) in [7, 11) is 0. The van der Waals surface area contributed by atoms with Gasteiger partial charge in [-0.15, -0.1) is 0 Å². The number of nitriles is 1. The number of hydrogen-bond acceptors (Lipinski definition) is 3. The zero-order valence-corrected chi connectivity index (χ0v) is 10.6. The molecule has 0 saturated heterocycles. The SMILES string of the molecule is N#CCCN(Cc1ccccn1)C1C=CCCC1. The molecule has 18 heavy (non-hydrogen) atoms. The summed E-state index contributed by atoms with van der Waals surface area (Å²) in [5.74, 6) is 0. The molecule has 0 aliphatic heterocycles. The second-order valence-electron chi connectivity index (χ2n) is 4.63. The van der Waals surface area contributed by atoms with Crippen LogP contribution in [-0.2, 0) is 6.54 Å². The highest BCUT2D eigenvalue weighted by molar-refractivity contribution is 5.06. The Balaban J connectivity index is 2.02. The predicted octanol–water partition coefficient (Wildman–Crippen LogP) is 2.91. The lowest BCUT2D eigenvalue weighted by Crippen LogP contribution is -2.35. The molecule has 3 heteroatoms. The second-order valence-corrected chi connectivity index (χ2v) is 4.63. The van der Waals surface area contributed by atoms with E-state index in [4.69, 9.17) is 5.26 Å². The minimum Gasteiger partial charge on any atom is -0.290 e. The molecule has 0 saturated carbocycles. The van der Waals surface area contributed by atoms with E-state index in [1.807, 2.05) is 24.4 Å². The van der Waals surface area contributed by atoms with Crippen LogP contribution in [0.5, 0.6) is 0 Å². The average molecular weight is 241 g/mol. The van der Waals surface area contributed by atoms with Gasteiger partial charge in [0.15, 0.2) is 0 Å². The van der Waals surface area contributed by atoms with Crippen LogP contribution in [0.15, 0.2) is 36.5 Å². The molecule has 0 radical (unpaired) electrons. The van der Waals surface area contributed by atoms with E-state index in [1.165, 1.54) is 19.3 Å². The minimum atomic E-state index is 0.467. The zero-order chi connectivity index (χ0) is 12.6. The summed E-state index contributed by atoms with van der Waals surface area (Å²) < 4.78 is 0. The molecule has 1 unspecified atom stereocenters. The van der Waals surface area contributed by atoms with E-state index in [2.05, 4.69) is 28.1 Å². The van der Waals surface area contributed by atoms with Crippen LogP contribution in [0.1, 0.15) is 31.4 Å². The van der Waals surface area contributed by atoms with E-state index in [-0.39, 0.29) is 0 Å². The van der Waals surface area contributed by atoms with Gasteiger partial charge in [-0.1, -0.05) is 18.2 Å². The van der Waals surface area contributed by atoms with E-state index >= 15 is 0 Å². The molecule has 1 atom stereocenters. The minimum absolute atomic E-state index is 0.467. The van der Waals surface area contributed by atoms with Gasteiger partial charge >= 0.3 is 0 Å². The molecule has 1 aliphatic rings. The summed E-state index contributed by atoms with van der Waals surface area (Å²) in [5, 5.41) is 8.77. The largest absolute Gasteiger partial charge is 0.290 e. The van der Waals surface area contributed by atoms with Gasteiger partial charge in [-0.3, -0.25) is 9.88 Å². The molecular formula is C15H19N3. The molecule has 0 N–H and O–H groups in total. The third-order valence-electron chi connectivity index (χ3n) is 3.30. The number of aromatic nitrogens is 1. The molecule has 94 valence electrons. The fourth-order valence-electron chi connectivity index (χ4n) is 2.35. The van der Waals surface area contributed by atoms with Crippen molar-refractivity contribution in [1.29, 1.82) is 5.26 Å². The fraction of sp³-hybridized carbons (Fsp3) is 0.467. The van der Waals surface area contributed by atoms with Crippen LogP contribution in [0.25, 0.3) is 0 Å². The first-order valence-electron chi connectivity index (χ1n) is 6.58. The van der Waals surface area contributed by atoms with Crippen molar-refractivity contribution < 1.29 is 0 Å². The highest BCUT2D eigenvalue weighted by Gasteiger charge is 2.17. The standard InChI is InChI=1S/C15H19N3/c16-10-6-12-18(15-8-2-1-3-9-15)13-14-7-4-5-11-17-14/h2,4-5,7-8,11,15H,1,3,6,9,12-13H2. The molecule has 2 rings (SSSR count). The van der Waals surface area contributed by atoms with Crippen molar-refractivity contribution in [3.8, 4) is 6.07 Å². The zero-order valence-electron chi connectivity index (χ0n) is 10.6. The Morgan fingerprint density at radius 1 is 1.44 bits per heavy atom. The second kappa shape index (κ2) is 6.93. The van der Waals surface area contributed by atoms with Crippen LogP contribution in [0, 0.1) is 11.3 Å². The van der Waals surface area contributed by atoms with Crippen LogP contribution in [0.2, 0.25) is 0 Å². The molecule has 1 heterocycles. The van der Waals surface area contributed by atoms with Crippen LogP contribution >= 0.6 is 0 Å². The van der Waals surface area contributed by atoms with Crippen LogP contribution in [-0.4, -0.2) is 22.5 Å². The van der Waals surface area contributed by atoms with Crippen molar-refractivity contribution in [2.75, 3.05) is 6.54 Å². The monoisotopic (exact) mass is 241 g/mol. The lowest BCUT2D eigenvalue weighted by molar-refractivity contribution is 0.207. The third-order valence-corrected chi connectivity index (χ3v) is 3.30. The van der Waals surface area contributed by atoms with Gasteiger partial charge in [0.2, 0.25) is 0 Å². The van der Waals surface area contributed by atoms with Gasteiger partial charge in [-0.25, -0.2) is 0 Å². The summed E-state index contributed by atoms with van der Waals surface area (Å²) in [4.78, 5) is 6.74. The maximum atomic E-state index is 8.77. The highest BCUT2D eigenvalue weighted by Crippen LogP contribution is 2.18. The van der Waals surface area contributed by atoms with E-state index in [1.54, 1.807) is 0 Å². The summed E-state index contributed by atoms with van der Waals surface area (Å²) >= 11 is 0. The van der Waals surface area contributed by atoms with Gasteiger partial charge in [-0.05, 0) is 31.4 Å². The molecule has 1 aromatic rings. The van der Waals surface area contributed by atoms with E-state index in [9.17, 15) is 0 Å². The number of nitrogens with zero attached hydrogens (tertiary/aromatic N) is 3. The molecule has 3 nitrogen and oxygen atoms in total. The van der Waals surface area contributed by atoms with Crippen molar-refractivity contribution >= 4 is 0 Å². The van der Waals surface area contributed by atoms with E-state index in [0.29, 0.717) is 12.5 Å². The van der Waals surface area contributed by atoms with Crippen molar-refractivity contribution in [3.05, 3.63) is 42.2 Å². The lowest BCUT2D eigenvalue weighted by Gasteiger charge is -2.30. The summed E-state index contributed by atoms with van der Waals surface area (Å²) in [6.45, 7) is 1.65. The Morgan fingerprint density at radius 3 is 3.06 bits per heavy atom. The Bertz CT molecular complexity index is 419. The fourth-order valence-corrected chi connectivity index (χ4v) is 2.35. The Kier molecular flexibility index (Phi) is 4.92. The quantitative estimate of drug-likeness (QED) is 0.744. The van der Waals surface area contributed by atoms with Gasteiger partial charge < -0.3 is 0 Å². The predicted molar refractivity (Wildman–Crippen MR) is 71.7 cm³/mol. The third kappa shape index (κ3) is 3.68. The number of pyridine rings is 1. The van der Waals surface area contributed by atoms with Gasteiger partial charge in [0, 0.05) is 31.7 Å². The van der Waals surface area contributed by atoms with Gasteiger partial charge in [0.25, 0.3) is 0 Å². The van der Waals surface area contributed by atoms with Crippen molar-refractivity contribution in [1.82, 2.24) is 9.88 Å². The first-order chi connectivity index (χ1) is 8.90. The smallest absolute Gasteiger partial charge is 0.0635 e. The molecule has 1 aromatic heterocycles. The van der Waals surface area contributed by atoms with E-state index in [0.717, 1.165) is 18.8 Å². The molecule has 1 aliphatic carbocycles. The van der Waals surface area contributed by atoms with Crippen molar-refractivity contribution in [2.24, 2.45) is 0 Å². The average Bonchev–Trinajstić information content (AvgIpc) is 2.45. The van der Waals surface area contributed by atoms with Gasteiger partial charge in [0.1, 0.15) is 0 Å². The molecule has 0 amide bonds. The van der Waals surface area contributed by atoms with Crippen LogP contribution in [0.4, 0.5) is 0 Å². The topological polar surface area (TPSA) is 39.9 Å². The van der Waals surface area contributed by atoms with Crippen LogP contribution < -0.4 is 0 Å². The first-order valence-corrected chi connectivity index (χ1v) is 6.58. The van der Waals surface area contributed by atoms with Gasteiger partial charge in [0.05, 0.1) is 11.8 Å². The van der Waals surface area contributed by atoms with Crippen molar-refractivity contribution in [3.63, 3.8) is 0 Å². The molecule has 0 aromatic carbocycles. The molecule has 0 bridgehead atoms. The summed E-state index contributed by atoms with van der Waals surface area (Å²) in [6, 6.07) is 8.70. The highest BCUT2D eigenvalue weighted by atomic mass is 15.2. The molecule has 0 spiro atoms. The van der Waals surface area contributed by atoms with E-state index < -0.39 is 0 Å². The molecular weight excluding hydrogens is 222 g/mol.